The molecule has 246 valence electrons. The zero-order chi connectivity index (χ0) is 32.4. The van der Waals surface area contributed by atoms with E-state index >= 15 is 0 Å². The topological polar surface area (TPSA) is 173 Å². The molecule has 5 atom stereocenters. The van der Waals surface area contributed by atoms with Gasteiger partial charge in [0.25, 0.3) is 5.91 Å². The molecule has 13 nitrogen and oxygen atoms in total. The molecule has 0 unspecified atom stereocenters. The number of allylic oxidation sites excluding steroid dienone is 1. The molecule has 45 heavy (non-hydrogen) atoms. The second-order valence-corrected chi connectivity index (χ2v) is 15.3. The molecule has 0 aromatic carbocycles. The van der Waals surface area contributed by atoms with Crippen molar-refractivity contribution in [3.8, 4) is 5.75 Å². The second kappa shape index (κ2) is 13.0. The van der Waals surface area contributed by atoms with Crippen molar-refractivity contribution in [2.75, 3.05) is 6.54 Å². The lowest BCUT2D eigenvalue weighted by molar-refractivity contribution is -0.141. The molecule has 3 fully saturated rings. The third-order valence-corrected chi connectivity index (χ3v) is 10.3. The fraction of sp³-hybridized carbons (Fsp3) is 0.645. The summed E-state index contributed by atoms with van der Waals surface area (Å²) in [7, 11) is -3.85. The van der Waals surface area contributed by atoms with Gasteiger partial charge in [0.2, 0.25) is 21.8 Å². The summed E-state index contributed by atoms with van der Waals surface area (Å²) < 4.78 is 39.1. The summed E-state index contributed by atoms with van der Waals surface area (Å²) in [5.74, 6) is -1.70. The number of nitrogens with zero attached hydrogens (tertiary/aromatic N) is 2. The van der Waals surface area contributed by atoms with Crippen molar-refractivity contribution in [3.05, 3.63) is 36.7 Å². The molecule has 4 aliphatic rings. The number of hydrogen-bond acceptors (Lipinski definition) is 9. The Bertz CT molecular complexity index is 1420. The fourth-order valence-electron chi connectivity index (χ4n) is 5.91. The smallest absolute Gasteiger partial charge is 0.408 e. The van der Waals surface area contributed by atoms with Crippen LogP contribution in [0.3, 0.4) is 0 Å². The minimum absolute atomic E-state index is 0.0598. The number of hydrogen-bond donors (Lipinski definition) is 3. The predicted molar refractivity (Wildman–Crippen MR) is 163 cm³/mol. The highest BCUT2D eigenvalue weighted by molar-refractivity contribution is 7.91. The molecule has 5 rings (SSSR count). The van der Waals surface area contributed by atoms with E-state index < -0.39 is 74.3 Å². The van der Waals surface area contributed by atoms with Gasteiger partial charge < -0.3 is 25.0 Å². The van der Waals surface area contributed by atoms with Crippen LogP contribution in [0.15, 0.2) is 36.7 Å². The van der Waals surface area contributed by atoms with Crippen molar-refractivity contribution in [3.63, 3.8) is 0 Å². The Balaban J connectivity index is 1.42. The van der Waals surface area contributed by atoms with E-state index in [9.17, 15) is 27.6 Å². The number of sulfonamides is 1. The number of fused-ring (bicyclic) bond motifs is 2. The molecule has 0 spiro atoms. The number of pyridine rings is 1. The van der Waals surface area contributed by atoms with Crippen LogP contribution in [0.1, 0.15) is 78.6 Å². The Morgan fingerprint density at radius 1 is 1.09 bits per heavy atom. The van der Waals surface area contributed by atoms with E-state index in [2.05, 4.69) is 20.3 Å². The normalized spacial score (nSPS) is 30.0. The van der Waals surface area contributed by atoms with Crippen LogP contribution >= 0.6 is 0 Å². The van der Waals surface area contributed by atoms with Gasteiger partial charge in [0, 0.05) is 24.7 Å². The summed E-state index contributed by atoms with van der Waals surface area (Å²) in [5, 5.41) is 4.96. The van der Waals surface area contributed by atoms with Crippen molar-refractivity contribution in [1.82, 2.24) is 25.2 Å². The number of carbonyl (C=O) groups excluding carboxylic acids is 4. The van der Waals surface area contributed by atoms with Crippen molar-refractivity contribution < 1.29 is 37.1 Å². The monoisotopic (exact) mass is 645 g/mol. The van der Waals surface area contributed by atoms with Gasteiger partial charge in [-0.25, -0.2) is 13.2 Å². The summed E-state index contributed by atoms with van der Waals surface area (Å²) in [5.41, 5.74) is -2.23. The molecule has 4 amide bonds. The zero-order valence-corrected chi connectivity index (χ0v) is 26.8. The van der Waals surface area contributed by atoms with Gasteiger partial charge in [0.1, 0.15) is 35.1 Å². The van der Waals surface area contributed by atoms with Crippen molar-refractivity contribution >= 4 is 33.8 Å². The van der Waals surface area contributed by atoms with E-state index in [1.54, 1.807) is 45.3 Å². The highest BCUT2D eigenvalue weighted by atomic mass is 32.2. The van der Waals surface area contributed by atoms with Crippen molar-refractivity contribution in [2.45, 2.75) is 113 Å². The average molecular weight is 646 g/mol. The standard InChI is InChI=1S/C31H43N5O8S/c1-30(2,3)44-29(40)33-24-10-8-6-4-5-7-9-20-18-31(20,28(39)35-45(41,42)23-11-12-23)34-26(37)25-17-22(19-36(25)27(24)38)43-21-13-15-32-16-14-21/h7,9,13-16,20,22-25H,4-6,8,10-12,17-19H2,1-3H3,(H,33,40)(H,34,37)(H,35,39)/b9-7-/t20-,22-,24+,25+,31-/m1/s1. The Hall–Kier alpha value is -3.68. The van der Waals surface area contributed by atoms with Gasteiger partial charge in [0.05, 0.1) is 11.8 Å². The number of ether oxygens (including phenoxy) is 2. The molecule has 2 aliphatic carbocycles. The Kier molecular flexibility index (Phi) is 9.43. The number of amides is 4. The lowest BCUT2D eigenvalue weighted by atomic mass is 10.0. The fourth-order valence-corrected chi connectivity index (χ4v) is 7.27. The molecule has 2 aliphatic heterocycles. The quantitative estimate of drug-likeness (QED) is 0.393. The van der Waals surface area contributed by atoms with E-state index in [0.29, 0.717) is 37.9 Å². The molecule has 3 heterocycles. The molecule has 0 bridgehead atoms. The maximum absolute atomic E-state index is 14.1. The lowest BCUT2D eigenvalue weighted by Crippen LogP contribution is -2.58. The van der Waals surface area contributed by atoms with E-state index in [1.807, 2.05) is 12.2 Å². The van der Waals surface area contributed by atoms with Gasteiger partial charge in [-0.1, -0.05) is 25.0 Å². The minimum Gasteiger partial charge on any atom is -0.488 e. The van der Waals surface area contributed by atoms with Gasteiger partial charge in [-0.05, 0) is 71.4 Å². The summed E-state index contributed by atoms with van der Waals surface area (Å²) in [6, 6.07) is 1.36. The number of rotatable bonds is 6. The first-order chi connectivity index (χ1) is 21.3. The maximum Gasteiger partial charge on any atom is 0.408 e. The number of alkyl carbamates (subject to hydrolysis) is 1. The number of carbonyl (C=O) groups is 4. The predicted octanol–water partition coefficient (Wildman–Crippen LogP) is 2.33. The van der Waals surface area contributed by atoms with Gasteiger partial charge in [-0.3, -0.25) is 24.1 Å². The molecular weight excluding hydrogens is 602 g/mol. The second-order valence-electron chi connectivity index (χ2n) is 13.4. The van der Waals surface area contributed by atoms with Gasteiger partial charge in [-0.15, -0.1) is 0 Å². The van der Waals surface area contributed by atoms with Crippen molar-refractivity contribution in [2.24, 2.45) is 5.92 Å². The van der Waals surface area contributed by atoms with Gasteiger partial charge in [-0.2, -0.15) is 0 Å². The molecular formula is C31H43N5O8S. The summed E-state index contributed by atoms with van der Waals surface area (Å²) in [4.78, 5) is 59.8. The first-order valence-corrected chi connectivity index (χ1v) is 17.2. The van der Waals surface area contributed by atoms with Crippen LogP contribution < -0.4 is 20.1 Å². The summed E-state index contributed by atoms with van der Waals surface area (Å²) in [6.45, 7) is 5.25. The molecule has 3 N–H and O–H groups in total. The third kappa shape index (κ3) is 8.13. The van der Waals surface area contributed by atoms with Crippen molar-refractivity contribution in [1.29, 1.82) is 0 Å². The lowest BCUT2D eigenvalue weighted by Gasteiger charge is -2.30. The summed E-state index contributed by atoms with van der Waals surface area (Å²) in [6.07, 6.45) is 10.3. The molecule has 14 heteroatoms. The summed E-state index contributed by atoms with van der Waals surface area (Å²) >= 11 is 0. The van der Waals surface area contributed by atoms with Crippen LogP contribution in [0, 0.1) is 5.92 Å². The van der Waals surface area contributed by atoms with E-state index in [1.165, 1.54) is 4.90 Å². The molecule has 1 aromatic rings. The highest BCUT2D eigenvalue weighted by Crippen LogP contribution is 2.46. The van der Waals surface area contributed by atoms with Crippen LogP contribution in [0.5, 0.6) is 5.75 Å². The third-order valence-electron chi connectivity index (χ3n) is 8.49. The molecule has 1 saturated heterocycles. The zero-order valence-electron chi connectivity index (χ0n) is 26.0. The molecule has 2 saturated carbocycles. The van der Waals surface area contributed by atoms with Crippen LogP contribution in [-0.2, 0) is 29.1 Å². The van der Waals surface area contributed by atoms with Crippen LogP contribution in [0.4, 0.5) is 4.79 Å². The Morgan fingerprint density at radius 3 is 2.51 bits per heavy atom. The largest absolute Gasteiger partial charge is 0.488 e. The van der Waals surface area contributed by atoms with Gasteiger partial charge in [0.15, 0.2) is 0 Å². The number of nitrogens with one attached hydrogen (secondary N) is 3. The molecule has 0 radical (unpaired) electrons. The van der Waals surface area contributed by atoms with Crippen LogP contribution in [0.2, 0.25) is 0 Å². The minimum atomic E-state index is -3.85. The Morgan fingerprint density at radius 2 is 1.82 bits per heavy atom. The van der Waals surface area contributed by atoms with E-state index in [-0.39, 0.29) is 19.4 Å². The first-order valence-electron chi connectivity index (χ1n) is 15.7. The first kappa shape index (κ1) is 32.7. The average Bonchev–Trinajstić information content (AvgIpc) is 3.88. The maximum atomic E-state index is 14.1. The molecule has 1 aromatic heterocycles. The highest BCUT2D eigenvalue weighted by Gasteiger charge is 2.62. The van der Waals surface area contributed by atoms with Gasteiger partial charge >= 0.3 is 6.09 Å². The Labute approximate surface area is 263 Å². The number of aromatic nitrogens is 1. The van der Waals surface area contributed by atoms with E-state index in [0.717, 1.165) is 12.8 Å². The SMILES string of the molecule is CC(C)(C)OC(=O)N[C@H]1CCCCC/C=C\[C@@H]2C[C@@]2(C(=O)NS(=O)(=O)C2CC2)NC(=O)[C@@H]2C[C@@H](Oc3ccncc3)CN2C1=O. The van der Waals surface area contributed by atoms with Crippen LogP contribution in [0.25, 0.3) is 0 Å². The van der Waals surface area contributed by atoms with Crippen LogP contribution in [-0.4, -0.2) is 83.2 Å². The van der Waals surface area contributed by atoms with E-state index in [4.69, 9.17) is 9.47 Å².